The first kappa shape index (κ1) is 14.7. The lowest BCUT2D eigenvalue weighted by atomic mass is 9.77. The number of fused-ring (bicyclic) bond motifs is 1. The molecule has 0 bridgehead atoms. The fourth-order valence-electron chi connectivity index (χ4n) is 2.67. The minimum Gasteiger partial charge on any atom is -0.372 e. The topological polar surface area (TPSA) is 3.24 Å². The highest BCUT2D eigenvalue weighted by Gasteiger charge is 2.30. The molecule has 1 aromatic carbocycles. The van der Waals surface area contributed by atoms with Crippen molar-refractivity contribution in [3.8, 4) is 11.8 Å². The number of nitrogens with zero attached hydrogens (tertiary/aromatic N) is 1. The summed E-state index contributed by atoms with van der Waals surface area (Å²) < 4.78 is 0. The van der Waals surface area contributed by atoms with Gasteiger partial charge in [0.15, 0.2) is 0 Å². The second-order valence-corrected chi connectivity index (χ2v) is 6.17. The van der Waals surface area contributed by atoms with Crippen LogP contribution in [0.25, 0.3) is 0 Å². The van der Waals surface area contributed by atoms with E-state index >= 15 is 0 Å². The molecule has 2 rings (SSSR count). The maximum absolute atomic E-state index is 3.28. The van der Waals surface area contributed by atoms with Gasteiger partial charge in [-0.2, -0.15) is 0 Å². The summed E-state index contributed by atoms with van der Waals surface area (Å²) in [6, 6.07) is 6.68. The molecule has 0 aliphatic carbocycles. The van der Waals surface area contributed by atoms with Gasteiger partial charge < -0.3 is 4.90 Å². The summed E-state index contributed by atoms with van der Waals surface area (Å²) in [5.74, 6) is 6.48. The van der Waals surface area contributed by atoms with Gasteiger partial charge in [-0.3, -0.25) is 0 Å². The third-order valence-electron chi connectivity index (χ3n) is 4.29. The summed E-state index contributed by atoms with van der Waals surface area (Å²) in [6.07, 6.45) is 3.26. The van der Waals surface area contributed by atoms with Gasteiger partial charge in [-0.25, -0.2) is 0 Å². The molecule has 0 radical (unpaired) electrons. The lowest BCUT2D eigenvalue weighted by Gasteiger charge is -2.40. The van der Waals surface area contributed by atoms with E-state index in [1.54, 1.807) is 0 Å². The summed E-state index contributed by atoms with van der Waals surface area (Å²) in [7, 11) is 0. The number of hydrogen-bond acceptors (Lipinski definition) is 1. The van der Waals surface area contributed by atoms with Gasteiger partial charge in [0.25, 0.3) is 0 Å². The Balaban J connectivity index is 2.45. The normalized spacial score (nSPS) is 17.2. The van der Waals surface area contributed by atoms with E-state index in [-0.39, 0.29) is 5.41 Å². The van der Waals surface area contributed by atoms with Gasteiger partial charge in [-0.05, 0) is 61.9 Å². The first-order chi connectivity index (χ1) is 9.47. The van der Waals surface area contributed by atoms with Crippen molar-refractivity contribution in [2.45, 2.75) is 46.5 Å². The van der Waals surface area contributed by atoms with Gasteiger partial charge in [0, 0.05) is 24.3 Å². The largest absolute Gasteiger partial charge is 0.372 e. The van der Waals surface area contributed by atoms with Gasteiger partial charge in [0.2, 0.25) is 0 Å². The number of benzene rings is 1. The van der Waals surface area contributed by atoms with Crippen molar-refractivity contribution in [1.82, 2.24) is 0 Å². The van der Waals surface area contributed by atoms with E-state index in [9.17, 15) is 0 Å². The summed E-state index contributed by atoms with van der Waals surface area (Å²) >= 11 is 0. The first-order valence-electron chi connectivity index (χ1n) is 7.52. The van der Waals surface area contributed by atoms with Crippen LogP contribution in [0.3, 0.4) is 0 Å². The third-order valence-corrected chi connectivity index (χ3v) is 4.29. The minimum atomic E-state index is 0.244. The molecule has 1 heteroatoms. The van der Waals surface area contributed by atoms with Crippen LogP contribution in [-0.4, -0.2) is 13.1 Å². The number of anilines is 1. The fraction of sp³-hybridized carbons (Fsp3) is 0.474. The third kappa shape index (κ3) is 2.90. The molecule has 0 aromatic heterocycles. The second kappa shape index (κ2) is 5.75. The quantitative estimate of drug-likeness (QED) is 0.677. The molecular formula is C19H25N. The Kier molecular flexibility index (Phi) is 4.23. The Morgan fingerprint density at radius 2 is 2.15 bits per heavy atom. The SMILES string of the molecule is C/C=C(\C)C#Cc1ccc2c(c1)C(C)(C)CCN2CC. The Morgan fingerprint density at radius 1 is 1.40 bits per heavy atom. The summed E-state index contributed by atoms with van der Waals surface area (Å²) in [4.78, 5) is 2.47. The fourth-order valence-corrected chi connectivity index (χ4v) is 2.67. The summed E-state index contributed by atoms with van der Waals surface area (Å²) in [5.41, 5.74) is 5.31. The molecule has 1 aliphatic heterocycles. The van der Waals surface area contributed by atoms with Crippen molar-refractivity contribution in [1.29, 1.82) is 0 Å². The van der Waals surface area contributed by atoms with Crippen molar-refractivity contribution < 1.29 is 0 Å². The van der Waals surface area contributed by atoms with Crippen LogP contribution in [0.5, 0.6) is 0 Å². The van der Waals surface area contributed by atoms with Gasteiger partial charge in [-0.15, -0.1) is 0 Å². The zero-order chi connectivity index (χ0) is 14.8. The molecule has 0 saturated carbocycles. The number of hydrogen-bond donors (Lipinski definition) is 0. The van der Waals surface area contributed by atoms with Crippen LogP contribution in [0.15, 0.2) is 29.8 Å². The molecule has 1 aromatic rings. The zero-order valence-corrected chi connectivity index (χ0v) is 13.4. The van der Waals surface area contributed by atoms with E-state index in [0.29, 0.717) is 0 Å². The molecular weight excluding hydrogens is 242 g/mol. The van der Waals surface area contributed by atoms with Crippen LogP contribution in [0.2, 0.25) is 0 Å². The highest BCUT2D eigenvalue weighted by atomic mass is 15.1. The number of rotatable bonds is 1. The Bertz CT molecular complexity index is 582. The average Bonchev–Trinajstić information content (AvgIpc) is 2.45. The smallest absolute Gasteiger partial charge is 0.0405 e. The van der Waals surface area contributed by atoms with Crippen molar-refractivity contribution >= 4 is 5.69 Å². The van der Waals surface area contributed by atoms with Gasteiger partial charge >= 0.3 is 0 Å². The molecule has 1 nitrogen and oxygen atoms in total. The number of allylic oxidation sites excluding steroid dienone is 2. The van der Waals surface area contributed by atoms with E-state index in [1.807, 2.05) is 19.9 Å². The molecule has 0 amide bonds. The second-order valence-electron chi connectivity index (χ2n) is 6.17. The van der Waals surface area contributed by atoms with Crippen LogP contribution in [0, 0.1) is 11.8 Å². The lowest BCUT2D eigenvalue weighted by Crippen LogP contribution is -2.37. The summed E-state index contributed by atoms with van der Waals surface area (Å²) in [5, 5.41) is 0. The van der Waals surface area contributed by atoms with Crippen LogP contribution in [-0.2, 0) is 5.41 Å². The predicted octanol–water partition coefficient (Wildman–Crippen LogP) is 4.51. The molecule has 20 heavy (non-hydrogen) atoms. The van der Waals surface area contributed by atoms with Crippen molar-refractivity contribution in [2.24, 2.45) is 0 Å². The lowest BCUT2D eigenvalue weighted by molar-refractivity contribution is 0.456. The van der Waals surface area contributed by atoms with Crippen LogP contribution in [0.1, 0.15) is 52.2 Å². The molecule has 0 spiro atoms. The van der Waals surface area contributed by atoms with Crippen LogP contribution < -0.4 is 4.90 Å². The molecule has 0 saturated heterocycles. The average molecular weight is 267 g/mol. The maximum Gasteiger partial charge on any atom is 0.0405 e. The Hall–Kier alpha value is -1.68. The molecule has 1 heterocycles. The molecule has 0 atom stereocenters. The van der Waals surface area contributed by atoms with E-state index < -0.39 is 0 Å². The van der Waals surface area contributed by atoms with Gasteiger partial charge in [0.1, 0.15) is 0 Å². The highest BCUT2D eigenvalue weighted by Crippen LogP contribution is 2.39. The van der Waals surface area contributed by atoms with Gasteiger partial charge in [-0.1, -0.05) is 31.8 Å². The van der Waals surface area contributed by atoms with Crippen molar-refractivity contribution in [3.63, 3.8) is 0 Å². The van der Waals surface area contributed by atoms with Crippen LogP contribution in [0.4, 0.5) is 5.69 Å². The zero-order valence-electron chi connectivity index (χ0n) is 13.4. The van der Waals surface area contributed by atoms with E-state index in [2.05, 4.69) is 55.7 Å². The minimum absolute atomic E-state index is 0.244. The molecule has 1 aliphatic rings. The van der Waals surface area contributed by atoms with Crippen molar-refractivity contribution in [3.05, 3.63) is 41.0 Å². The molecule has 0 unspecified atom stereocenters. The first-order valence-corrected chi connectivity index (χ1v) is 7.52. The highest BCUT2D eigenvalue weighted by molar-refractivity contribution is 5.62. The van der Waals surface area contributed by atoms with E-state index in [1.165, 1.54) is 17.7 Å². The molecule has 0 fully saturated rings. The maximum atomic E-state index is 3.28. The molecule has 106 valence electrons. The summed E-state index contributed by atoms with van der Waals surface area (Å²) in [6.45, 7) is 13.2. The Labute approximate surface area is 123 Å². The van der Waals surface area contributed by atoms with Crippen molar-refractivity contribution in [2.75, 3.05) is 18.0 Å². The predicted molar refractivity (Wildman–Crippen MR) is 88.3 cm³/mol. The van der Waals surface area contributed by atoms with Crippen LogP contribution >= 0.6 is 0 Å². The molecule has 0 N–H and O–H groups in total. The van der Waals surface area contributed by atoms with E-state index in [0.717, 1.165) is 24.2 Å². The monoisotopic (exact) mass is 267 g/mol. The standard InChI is InChI=1S/C19H25N/c1-6-15(3)8-9-16-10-11-18-17(14-16)19(4,5)12-13-20(18)7-2/h6,10-11,14H,7,12-13H2,1-5H3/b15-6+. The van der Waals surface area contributed by atoms with Gasteiger partial charge in [0.05, 0.1) is 0 Å². The Morgan fingerprint density at radius 3 is 2.80 bits per heavy atom. The van der Waals surface area contributed by atoms with E-state index in [4.69, 9.17) is 0 Å².